The fourth-order valence-corrected chi connectivity index (χ4v) is 3.94. The molecule has 5 atom stereocenters. The number of hydrogen-bond donors (Lipinski definition) is 3. The van der Waals surface area contributed by atoms with Crippen LogP contribution >= 0.6 is 0 Å². The summed E-state index contributed by atoms with van der Waals surface area (Å²) in [5.74, 6) is 1.32. The molecule has 3 heterocycles. The van der Waals surface area contributed by atoms with Gasteiger partial charge in [-0.05, 0) is 57.5 Å². The average Bonchev–Trinajstić information content (AvgIpc) is 2.70. The van der Waals surface area contributed by atoms with Gasteiger partial charge < -0.3 is 15.7 Å². The highest BCUT2D eigenvalue weighted by Gasteiger charge is 2.41. The molecule has 3 aliphatic heterocycles. The first kappa shape index (κ1) is 11.0. The van der Waals surface area contributed by atoms with Crippen LogP contribution in [0.1, 0.15) is 38.5 Å². The molecule has 3 aliphatic rings. The zero-order valence-corrected chi connectivity index (χ0v) is 9.99. The van der Waals surface area contributed by atoms with Crippen molar-refractivity contribution < 1.29 is 5.11 Å². The smallest absolute Gasteiger partial charge is 0.0598 e. The third-order valence-corrected chi connectivity index (χ3v) is 4.82. The molecule has 3 heteroatoms. The van der Waals surface area contributed by atoms with Gasteiger partial charge in [-0.25, -0.2) is 0 Å². The van der Waals surface area contributed by atoms with Crippen LogP contribution < -0.4 is 10.6 Å². The molecule has 3 rings (SSSR count). The molecule has 3 fully saturated rings. The topological polar surface area (TPSA) is 44.3 Å². The Labute approximate surface area is 98.0 Å². The van der Waals surface area contributed by atoms with E-state index in [9.17, 15) is 5.11 Å². The predicted octanol–water partition coefficient (Wildman–Crippen LogP) is 0.878. The molecular formula is C13H24N2O. The molecule has 0 aromatic heterocycles. The summed E-state index contributed by atoms with van der Waals surface area (Å²) in [6, 6.07) is 1.22. The number of rotatable bonds is 2. The average molecular weight is 224 g/mol. The summed E-state index contributed by atoms with van der Waals surface area (Å²) in [7, 11) is 0. The summed E-state index contributed by atoms with van der Waals surface area (Å²) < 4.78 is 0. The van der Waals surface area contributed by atoms with Crippen LogP contribution in [-0.4, -0.2) is 36.4 Å². The highest BCUT2D eigenvalue weighted by Crippen LogP contribution is 2.36. The zero-order chi connectivity index (χ0) is 11.0. The van der Waals surface area contributed by atoms with Crippen molar-refractivity contribution >= 4 is 0 Å². The number of aliphatic hydroxyl groups excluding tert-OH is 1. The van der Waals surface area contributed by atoms with E-state index in [0.29, 0.717) is 18.0 Å². The van der Waals surface area contributed by atoms with Gasteiger partial charge in [0.2, 0.25) is 0 Å². The molecule has 0 spiro atoms. The molecule has 0 aromatic rings. The quantitative estimate of drug-likeness (QED) is 0.652. The van der Waals surface area contributed by atoms with Gasteiger partial charge in [-0.1, -0.05) is 0 Å². The van der Waals surface area contributed by atoms with E-state index in [4.69, 9.17) is 0 Å². The summed E-state index contributed by atoms with van der Waals surface area (Å²) >= 11 is 0. The van der Waals surface area contributed by atoms with Crippen molar-refractivity contribution in [1.29, 1.82) is 0 Å². The van der Waals surface area contributed by atoms with E-state index in [-0.39, 0.29) is 6.10 Å². The highest BCUT2D eigenvalue weighted by atomic mass is 16.3. The lowest BCUT2D eigenvalue weighted by molar-refractivity contribution is 0.0368. The summed E-state index contributed by atoms with van der Waals surface area (Å²) in [6.45, 7) is 2.35. The first-order chi connectivity index (χ1) is 7.83. The van der Waals surface area contributed by atoms with Gasteiger partial charge in [-0.3, -0.25) is 0 Å². The minimum absolute atomic E-state index is 0.0410. The van der Waals surface area contributed by atoms with Crippen LogP contribution in [0.15, 0.2) is 0 Å². The fraction of sp³-hybridized carbons (Fsp3) is 1.00. The van der Waals surface area contributed by atoms with Gasteiger partial charge >= 0.3 is 0 Å². The minimum Gasteiger partial charge on any atom is -0.393 e. The Morgan fingerprint density at radius 3 is 2.94 bits per heavy atom. The second-order valence-corrected chi connectivity index (χ2v) is 5.96. The van der Waals surface area contributed by atoms with Crippen molar-refractivity contribution in [2.24, 2.45) is 11.8 Å². The van der Waals surface area contributed by atoms with Crippen LogP contribution in [0.2, 0.25) is 0 Å². The molecule has 5 unspecified atom stereocenters. The number of hydrogen-bond acceptors (Lipinski definition) is 3. The molecule has 3 saturated heterocycles. The second kappa shape index (κ2) is 4.63. The molecule has 0 aliphatic carbocycles. The molecule has 2 bridgehead atoms. The molecule has 92 valence electrons. The lowest BCUT2D eigenvalue weighted by atomic mass is 9.80. The van der Waals surface area contributed by atoms with E-state index in [2.05, 4.69) is 10.6 Å². The highest BCUT2D eigenvalue weighted by molar-refractivity contribution is 4.98. The Kier molecular flexibility index (Phi) is 3.18. The Balaban J connectivity index is 1.59. The number of piperidine rings is 2. The summed E-state index contributed by atoms with van der Waals surface area (Å²) in [6.07, 6.45) is 7.40. The molecule has 3 nitrogen and oxygen atoms in total. The van der Waals surface area contributed by atoms with E-state index in [1.165, 1.54) is 45.2 Å². The Morgan fingerprint density at radius 1 is 1.19 bits per heavy atom. The van der Waals surface area contributed by atoms with Gasteiger partial charge in [-0.15, -0.1) is 0 Å². The van der Waals surface area contributed by atoms with E-state index in [1.54, 1.807) is 0 Å². The van der Waals surface area contributed by atoms with Crippen LogP contribution in [-0.2, 0) is 0 Å². The molecule has 16 heavy (non-hydrogen) atoms. The summed E-state index contributed by atoms with van der Waals surface area (Å²) in [5.41, 5.74) is 0. The molecule has 0 aromatic carbocycles. The minimum atomic E-state index is -0.0410. The molecular weight excluding hydrogens is 200 g/mol. The van der Waals surface area contributed by atoms with Crippen molar-refractivity contribution in [2.45, 2.75) is 56.7 Å². The predicted molar refractivity (Wildman–Crippen MR) is 64.3 cm³/mol. The second-order valence-electron chi connectivity index (χ2n) is 5.96. The van der Waals surface area contributed by atoms with Gasteiger partial charge in [0.1, 0.15) is 0 Å². The first-order valence-electron chi connectivity index (χ1n) is 6.98. The van der Waals surface area contributed by atoms with Crippen molar-refractivity contribution in [1.82, 2.24) is 10.6 Å². The number of fused-ring (bicyclic) bond motifs is 2. The zero-order valence-electron chi connectivity index (χ0n) is 9.99. The number of aliphatic hydroxyl groups is 1. The van der Waals surface area contributed by atoms with Crippen LogP contribution in [0, 0.1) is 11.8 Å². The maximum atomic E-state index is 10.2. The van der Waals surface area contributed by atoms with E-state index in [1.807, 2.05) is 0 Å². The van der Waals surface area contributed by atoms with Crippen molar-refractivity contribution in [2.75, 3.05) is 13.1 Å². The van der Waals surface area contributed by atoms with Crippen molar-refractivity contribution in [3.05, 3.63) is 0 Å². The lowest BCUT2D eigenvalue weighted by Crippen LogP contribution is -2.49. The monoisotopic (exact) mass is 224 g/mol. The SMILES string of the molecule is OC1CC2CCC(N2)C1CC1CCCNC1. The van der Waals surface area contributed by atoms with Crippen molar-refractivity contribution in [3.8, 4) is 0 Å². The van der Waals surface area contributed by atoms with Crippen molar-refractivity contribution in [3.63, 3.8) is 0 Å². The van der Waals surface area contributed by atoms with Crippen LogP contribution in [0.3, 0.4) is 0 Å². The van der Waals surface area contributed by atoms with Crippen LogP contribution in [0.25, 0.3) is 0 Å². The maximum absolute atomic E-state index is 10.2. The Morgan fingerprint density at radius 2 is 2.12 bits per heavy atom. The third-order valence-electron chi connectivity index (χ3n) is 4.82. The first-order valence-corrected chi connectivity index (χ1v) is 6.98. The van der Waals surface area contributed by atoms with Gasteiger partial charge in [0.25, 0.3) is 0 Å². The van der Waals surface area contributed by atoms with E-state index < -0.39 is 0 Å². The maximum Gasteiger partial charge on any atom is 0.0598 e. The summed E-state index contributed by atoms with van der Waals surface area (Å²) in [4.78, 5) is 0. The molecule has 3 N–H and O–H groups in total. The molecule has 0 amide bonds. The van der Waals surface area contributed by atoms with Gasteiger partial charge in [0, 0.05) is 18.0 Å². The molecule has 0 saturated carbocycles. The van der Waals surface area contributed by atoms with Gasteiger partial charge in [0.15, 0.2) is 0 Å². The standard InChI is InChI=1S/C13H24N2O/c16-13-7-10-3-4-12(15-10)11(13)6-9-2-1-5-14-8-9/h9-16H,1-8H2. The van der Waals surface area contributed by atoms with Gasteiger partial charge in [-0.2, -0.15) is 0 Å². The Bertz CT molecular complexity index is 240. The normalized spacial score (nSPS) is 48.2. The van der Waals surface area contributed by atoms with Crippen LogP contribution in [0.5, 0.6) is 0 Å². The lowest BCUT2D eigenvalue weighted by Gasteiger charge is -2.37. The largest absolute Gasteiger partial charge is 0.393 e. The summed E-state index contributed by atoms with van der Waals surface area (Å²) in [5, 5.41) is 17.4. The van der Waals surface area contributed by atoms with Crippen LogP contribution in [0.4, 0.5) is 0 Å². The molecule has 0 radical (unpaired) electrons. The fourth-order valence-electron chi connectivity index (χ4n) is 3.94. The Hall–Kier alpha value is -0.120. The van der Waals surface area contributed by atoms with E-state index >= 15 is 0 Å². The number of nitrogens with one attached hydrogen (secondary N) is 2. The third kappa shape index (κ3) is 2.13. The van der Waals surface area contributed by atoms with Gasteiger partial charge in [0.05, 0.1) is 6.10 Å². The van der Waals surface area contributed by atoms with E-state index in [0.717, 1.165) is 12.3 Å².